The van der Waals surface area contributed by atoms with Crippen molar-refractivity contribution in [3.63, 3.8) is 0 Å². The number of hydrogen-bond acceptors (Lipinski definition) is 6. The predicted molar refractivity (Wildman–Crippen MR) is 119 cm³/mol. The minimum absolute atomic E-state index is 0.175. The molecule has 1 aliphatic rings. The minimum Gasteiger partial charge on any atom is -0.488 e. The molecule has 11 heteroatoms. The summed E-state index contributed by atoms with van der Waals surface area (Å²) in [7, 11) is 1.83. The van der Waals surface area contributed by atoms with Gasteiger partial charge in [-0.25, -0.2) is 18.5 Å². The van der Waals surface area contributed by atoms with Crippen molar-refractivity contribution in [2.75, 3.05) is 25.0 Å². The van der Waals surface area contributed by atoms with Crippen molar-refractivity contribution in [1.29, 1.82) is 0 Å². The van der Waals surface area contributed by atoms with Crippen LogP contribution in [0, 0.1) is 5.82 Å². The molecule has 0 bridgehead atoms. The number of pyridine rings is 1. The van der Waals surface area contributed by atoms with Gasteiger partial charge >= 0.3 is 12.1 Å². The fourth-order valence-corrected chi connectivity index (χ4v) is 4.50. The Morgan fingerprint density at radius 1 is 1.18 bits per heavy atom. The summed E-state index contributed by atoms with van der Waals surface area (Å²) in [6.07, 6.45) is -4.02. The number of carbonyl (C=O) groups is 1. The summed E-state index contributed by atoms with van der Waals surface area (Å²) in [6.45, 7) is 0.453. The molecule has 0 unspecified atom stereocenters. The average Bonchev–Trinajstić information content (AvgIpc) is 2.94. The smallest absolute Gasteiger partial charge is 0.420 e. The zero-order chi connectivity index (χ0) is 24.5. The molecule has 0 atom stereocenters. The van der Waals surface area contributed by atoms with Gasteiger partial charge in [-0.3, -0.25) is 0 Å². The Bertz CT molecular complexity index is 1210. The van der Waals surface area contributed by atoms with E-state index in [2.05, 4.69) is 4.98 Å². The number of nitrogens with zero attached hydrogens (tertiary/aromatic N) is 3. The Balaban J connectivity index is 1.77. The van der Waals surface area contributed by atoms with Crippen molar-refractivity contribution in [2.24, 2.45) is 0 Å². The first kappa shape index (κ1) is 23.8. The highest BCUT2D eigenvalue weighted by atomic mass is 32.2. The molecule has 0 aliphatic carbocycles. The van der Waals surface area contributed by atoms with E-state index in [1.807, 2.05) is 46.6 Å². The molecule has 2 heterocycles. The third kappa shape index (κ3) is 5.10. The Hall–Kier alpha value is -3.31. The number of anilines is 2. The van der Waals surface area contributed by atoms with Crippen LogP contribution in [-0.4, -0.2) is 40.5 Å². The quantitative estimate of drug-likeness (QED) is 0.366. The van der Waals surface area contributed by atoms with Crippen molar-refractivity contribution in [1.82, 2.24) is 9.29 Å². The van der Waals surface area contributed by atoms with Crippen LogP contribution in [-0.2, 0) is 12.8 Å². The van der Waals surface area contributed by atoms with Crippen LogP contribution in [0.5, 0.6) is 5.75 Å². The van der Waals surface area contributed by atoms with E-state index in [9.17, 15) is 27.5 Å². The first-order valence-electron chi connectivity index (χ1n) is 10.1. The van der Waals surface area contributed by atoms with Gasteiger partial charge in [0.05, 0.1) is 22.3 Å². The van der Waals surface area contributed by atoms with Crippen molar-refractivity contribution in [2.45, 2.75) is 17.7 Å². The summed E-state index contributed by atoms with van der Waals surface area (Å²) >= 11 is 1.27. The van der Waals surface area contributed by atoms with Crippen molar-refractivity contribution in [3.8, 4) is 5.75 Å². The highest BCUT2D eigenvalue weighted by molar-refractivity contribution is 7.97. The molecule has 1 aromatic heterocycles. The van der Waals surface area contributed by atoms with Crippen molar-refractivity contribution < 1.29 is 32.2 Å². The van der Waals surface area contributed by atoms with Gasteiger partial charge in [0.15, 0.2) is 5.69 Å². The van der Waals surface area contributed by atoms with Crippen LogP contribution in [0.15, 0.2) is 59.6 Å². The lowest BCUT2D eigenvalue weighted by Gasteiger charge is -2.26. The molecule has 1 N–H and O–H groups in total. The Labute approximate surface area is 196 Å². The molecule has 6 nitrogen and oxygen atoms in total. The van der Waals surface area contributed by atoms with Gasteiger partial charge in [0.25, 0.3) is 0 Å². The Morgan fingerprint density at radius 2 is 1.91 bits per heavy atom. The molecule has 178 valence electrons. The van der Waals surface area contributed by atoms with E-state index in [1.54, 1.807) is 0 Å². The van der Waals surface area contributed by atoms with Crippen LogP contribution in [0.1, 0.15) is 21.6 Å². The van der Waals surface area contributed by atoms with E-state index in [0.717, 1.165) is 24.0 Å². The zero-order valence-corrected chi connectivity index (χ0v) is 18.7. The van der Waals surface area contributed by atoms with Gasteiger partial charge < -0.3 is 14.7 Å². The van der Waals surface area contributed by atoms with Gasteiger partial charge in [-0.15, -0.1) is 0 Å². The zero-order valence-electron chi connectivity index (χ0n) is 17.8. The molecule has 0 amide bonds. The summed E-state index contributed by atoms with van der Waals surface area (Å²) in [5.41, 5.74) is -0.559. The summed E-state index contributed by atoms with van der Waals surface area (Å²) in [5, 5.41) is 9.26. The number of hydrogen-bond donors (Lipinski definition) is 1. The Kier molecular flexibility index (Phi) is 6.67. The predicted octanol–water partition coefficient (Wildman–Crippen LogP) is 5.61. The van der Waals surface area contributed by atoms with Crippen molar-refractivity contribution in [3.05, 3.63) is 77.4 Å². The van der Waals surface area contributed by atoms with Gasteiger partial charge in [0, 0.05) is 24.3 Å². The molecule has 0 spiro atoms. The second kappa shape index (κ2) is 9.51. The topological polar surface area (TPSA) is 65.9 Å². The number of aromatic nitrogens is 1. The van der Waals surface area contributed by atoms with Crippen LogP contribution in [0.2, 0.25) is 0 Å². The van der Waals surface area contributed by atoms with E-state index >= 15 is 0 Å². The van der Waals surface area contributed by atoms with E-state index < -0.39 is 41.6 Å². The number of carboxylic acid groups (broad SMARTS) is 1. The number of fused-ring (bicyclic) bond motifs is 1. The molecule has 3 aromatic rings. The number of para-hydroxylation sites is 1. The van der Waals surface area contributed by atoms with Crippen LogP contribution >= 0.6 is 11.9 Å². The molecule has 4 rings (SSSR count). The standard InChI is InChI=1S/C23H19F4N3O3S/c1-29-7-8-30(16-5-3-2-4-6-16)18-10-17(23(25,26)27)19(11-20(18)34-29)33-13-14-9-15(24)12-28-21(14)22(31)32/h2-6,9-12H,7-8,13H2,1H3,(H,31,32). The van der Waals surface area contributed by atoms with Crippen LogP contribution in [0.3, 0.4) is 0 Å². The molecular formula is C23H19F4N3O3S. The van der Waals surface area contributed by atoms with Crippen LogP contribution in [0.25, 0.3) is 0 Å². The van der Waals surface area contributed by atoms with E-state index in [-0.39, 0.29) is 5.56 Å². The average molecular weight is 493 g/mol. The maximum Gasteiger partial charge on any atom is 0.420 e. The van der Waals surface area contributed by atoms with Crippen molar-refractivity contribution >= 4 is 29.3 Å². The number of aromatic carboxylic acids is 1. The monoisotopic (exact) mass is 493 g/mol. The summed E-state index contributed by atoms with van der Waals surface area (Å²) in [4.78, 5) is 17.2. The van der Waals surface area contributed by atoms with Gasteiger partial charge in [0.2, 0.25) is 0 Å². The van der Waals surface area contributed by atoms with Gasteiger partial charge in [-0.05, 0) is 49.3 Å². The molecule has 0 radical (unpaired) electrons. The van der Waals surface area contributed by atoms with Gasteiger partial charge in [0.1, 0.15) is 18.2 Å². The maximum atomic E-state index is 14.0. The third-order valence-corrected chi connectivity index (χ3v) is 6.15. The fraction of sp³-hybridized carbons (Fsp3) is 0.217. The lowest BCUT2D eigenvalue weighted by molar-refractivity contribution is -0.139. The molecule has 0 saturated heterocycles. The number of alkyl halides is 3. The summed E-state index contributed by atoms with van der Waals surface area (Å²) in [6, 6.07) is 12.3. The first-order chi connectivity index (χ1) is 16.1. The van der Waals surface area contributed by atoms with E-state index in [4.69, 9.17) is 4.74 Å². The SMILES string of the molecule is CN1CCN(c2ccccc2)c2cc(C(F)(F)F)c(OCc3cc(F)cnc3C(=O)O)cc2S1. The van der Waals surface area contributed by atoms with E-state index in [1.165, 1.54) is 18.0 Å². The highest BCUT2D eigenvalue weighted by Gasteiger charge is 2.37. The second-order valence-electron chi connectivity index (χ2n) is 7.50. The number of rotatable bonds is 5. The van der Waals surface area contributed by atoms with Crippen LogP contribution < -0.4 is 9.64 Å². The van der Waals surface area contributed by atoms with Crippen LogP contribution in [0.4, 0.5) is 28.9 Å². The van der Waals surface area contributed by atoms with E-state index in [0.29, 0.717) is 23.7 Å². The molecular weight excluding hydrogens is 474 g/mol. The fourth-order valence-electron chi connectivity index (χ4n) is 3.56. The molecule has 0 fully saturated rings. The lowest BCUT2D eigenvalue weighted by atomic mass is 10.1. The van der Waals surface area contributed by atoms with Gasteiger partial charge in [-0.1, -0.05) is 18.2 Å². The number of halogens is 4. The van der Waals surface area contributed by atoms with Gasteiger partial charge in [-0.2, -0.15) is 13.2 Å². The highest BCUT2D eigenvalue weighted by Crippen LogP contribution is 2.46. The molecule has 2 aromatic carbocycles. The molecule has 34 heavy (non-hydrogen) atoms. The minimum atomic E-state index is -4.74. The molecule has 1 aliphatic heterocycles. The largest absolute Gasteiger partial charge is 0.488 e. The second-order valence-corrected chi connectivity index (χ2v) is 8.74. The Morgan fingerprint density at radius 3 is 2.59 bits per heavy atom. The third-order valence-electron chi connectivity index (χ3n) is 5.14. The summed E-state index contributed by atoms with van der Waals surface area (Å²) < 4.78 is 63.1. The summed E-state index contributed by atoms with van der Waals surface area (Å²) in [5.74, 6) is -2.74. The number of carboxylic acids is 1. The number of benzene rings is 2. The number of ether oxygens (including phenoxy) is 1. The first-order valence-corrected chi connectivity index (χ1v) is 10.9. The maximum absolute atomic E-state index is 14.0. The number of likely N-dealkylation sites (N-methyl/N-ethyl adjacent to an activating group) is 1. The normalized spacial score (nSPS) is 14.4. The molecule has 0 saturated carbocycles. The lowest BCUT2D eigenvalue weighted by Crippen LogP contribution is -2.24.